The lowest BCUT2D eigenvalue weighted by Gasteiger charge is -2.39. The Balaban J connectivity index is 1.23. The fraction of sp³-hybridized carbons (Fsp3) is 0.710. The number of aliphatic carboxylic acids is 1. The molecule has 0 unspecified atom stereocenters. The number of amides is 2. The van der Waals surface area contributed by atoms with Gasteiger partial charge in [0.1, 0.15) is 5.75 Å². The summed E-state index contributed by atoms with van der Waals surface area (Å²) in [5.41, 5.74) is 0.370. The van der Waals surface area contributed by atoms with E-state index < -0.39 is 17.7 Å². The molecule has 2 bridgehead atoms. The number of carboxylic acid groups (broad SMARTS) is 1. The Bertz CT molecular complexity index is 1110. The number of benzene rings is 1. The Labute approximate surface area is 235 Å². The van der Waals surface area contributed by atoms with Gasteiger partial charge in [-0.05, 0) is 92.9 Å². The molecule has 4 saturated carbocycles. The van der Waals surface area contributed by atoms with E-state index in [0.29, 0.717) is 13.2 Å². The fourth-order valence-corrected chi connectivity index (χ4v) is 7.53. The van der Waals surface area contributed by atoms with Crippen molar-refractivity contribution in [3.05, 3.63) is 23.5 Å². The van der Waals surface area contributed by atoms with Crippen LogP contribution < -0.4 is 20.1 Å². The number of hydrogen-bond acceptors (Lipinski definition) is 5. The molecule has 4 atom stereocenters. The Morgan fingerprint density at radius 3 is 2.38 bits per heavy atom. The van der Waals surface area contributed by atoms with Crippen LogP contribution >= 0.6 is 0 Å². The van der Waals surface area contributed by atoms with Gasteiger partial charge in [0.15, 0.2) is 11.6 Å². The summed E-state index contributed by atoms with van der Waals surface area (Å²) in [6.45, 7) is 3.19. The van der Waals surface area contributed by atoms with Crippen LogP contribution in [-0.2, 0) is 9.59 Å². The molecule has 5 rings (SSSR count). The fourth-order valence-electron chi connectivity index (χ4n) is 7.53. The van der Waals surface area contributed by atoms with Crippen LogP contribution in [0.5, 0.6) is 11.5 Å². The van der Waals surface area contributed by atoms with Gasteiger partial charge in [0.25, 0.3) is 5.91 Å². The van der Waals surface area contributed by atoms with Crippen molar-refractivity contribution in [3.63, 3.8) is 0 Å². The van der Waals surface area contributed by atoms with Crippen LogP contribution in [0.1, 0.15) is 87.9 Å². The Morgan fingerprint density at radius 2 is 1.73 bits per heavy atom. The standard InChI is InChI=1S/C31H43FN2O6/c1-31(10-3-11-31)17-33-30(38)27-20-8-9-21(13-20)28(27)34-29(37)22-14-25(23(32)15-24(22)39-2)40-16-19-6-4-18(5-7-19)12-26(35)36/h14-15,18-21,27-28H,3-13,16-17H2,1-2H3,(H,33,38)(H,34,37)(H,35,36)/t18?,19?,20-,21+,27+,28-/m1/s1. The van der Waals surface area contributed by atoms with E-state index in [1.807, 2.05) is 0 Å². The third-order valence-electron chi connectivity index (χ3n) is 10.2. The smallest absolute Gasteiger partial charge is 0.303 e. The second-order valence-corrected chi connectivity index (χ2v) is 13.0. The molecule has 8 nitrogen and oxygen atoms in total. The minimum Gasteiger partial charge on any atom is -0.496 e. The summed E-state index contributed by atoms with van der Waals surface area (Å²) in [6, 6.07) is 2.32. The van der Waals surface area contributed by atoms with Gasteiger partial charge in [-0.3, -0.25) is 14.4 Å². The number of nitrogens with one attached hydrogen (secondary N) is 2. The summed E-state index contributed by atoms with van der Waals surface area (Å²) in [4.78, 5) is 37.8. The zero-order valence-electron chi connectivity index (χ0n) is 23.7. The van der Waals surface area contributed by atoms with Crippen molar-refractivity contribution >= 4 is 17.8 Å². The van der Waals surface area contributed by atoms with Crippen LogP contribution in [0, 0.1) is 40.8 Å². The first kappa shape index (κ1) is 28.7. The molecule has 3 N–H and O–H groups in total. The Morgan fingerprint density at radius 1 is 1.02 bits per heavy atom. The predicted octanol–water partition coefficient (Wildman–Crippen LogP) is 4.95. The van der Waals surface area contributed by atoms with Crippen LogP contribution in [0.3, 0.4) is 0 Å². The van der Waals surface area contributed by atoms with Crippen LogP contribution in [0.4, 0.5) is 4.39 Å². The molecule has 1 aromatic carbocycles. The number of carboxylic acids is 1. The predicted molar refractivity (Wildman–Crippen MR) is 147 cm³/mol. The number of carbonyl (C=O) groups excluding carboxylic acids is 2. The monoisotopic (exact) mass is 558 g/mol. The normalized spacial score (nSPS) is 30.3. The van der Waals surface area contributed by atoms with E-state index in [1.54, 1.807) is 0 Å². The van der Waals surface area contributed by atoms with Crippen molar-refractivity contribution < 1.29 is 33.4 Å². The SMILES string of the molecule is COc1cc(F)c(OCC2CCC(CC(=O)O)CC2)cc1C(=O)N[C@@H]1[C@H]2CC[C@H](C2)[C@@H]1C(=O)NCC1(C)CCC1. The molecule has 2 amide bonds. The summed E-state index contributed by atoms with van der Waals surface area (Å²) >= 11 is 0. The highest BCUT2D eigenvalue weighted by molar-refractivity contribution is 5.98. The van der Waals surface area contributed by atoms with Gasteiger partial charge >= 0.3 is 5.97 Å². The maximum Gasteiger partial charge on any atom is 0.303 e. The second-order valence-electron chi connectivity index (χ2n) is 13.0. The number of rotatable bonds is 11. The highest BCUT2D eigenvalue weighted by Crippen LogP contribution is 2.49. The first-order valence-electron chi connectivity index (χ1n) is 15.0. The summed E-state index contributed by atoms with van der Waals surface area (Å²) in [7, 11) is 1.40. The zero-order chi connectivity index (χ0) is 28.4. The molecular formula is C31H43FN2O6. The van der Waals surface area contributed by atoms with Gasteiger partial charge in [-0.25, -0.2) is 4.39 Å². The van der Waals surface area contributed by atoms with E-state index in [2.05, 4.69) is 17.6 Å². The topological polar surface area (TPSA) is 114 Å². The summed E-state index contributed by atoms with van der Waals surface area (Å²) in [5.74, 6) is -0.972. The van der Waals surface area contributed by atoms with Gasteiger partial charge < -0.3 is 25.2 Å². The highest BCUT2D eigenvalue weighted by Gasteiger charge is 2.51. The van der Waals surface area contributed by atoms with Crippen LogP contribution in [0.15, 0.2) is 12.1 Å². The lowest BCUT2D eigenvalue weighted by atomic mass is 9.70. The average molecular weight is 559 g/mol. The highest BCUT2D eigenvalue weighted by atomic mass is 19.1. The molecule has 4 fully saturated rings. The maximum atomic E-state index is 14.9. The van der Waals surface area contributed by atoms with Crippen molar-refractivity contribution in [2.75, 3.05) is 20.3 Å². The van der Waals surface area contributed by atoms with Crippen molar-refractivity contribution in [2.45, 2.75) is 83.6 Å². The van der Waals surface area contributed by atoms with E-state index in [0.717, 1.165) is 57.8 Å². The lowest BCUT2D eigenvalue weighted by molar-refractivity contribution is -0.138. The lowest BCUT2D eigenvalue weighted by Crippen LogP contribution is -2.51. The van der Waals surface area contributed by atoms with Crippen molar-refractivity contribution in [1.82, 2.24) is 10.6 Å². The molecule has 0 saturated heterocycles. The van der Waals surface area contributed by atoms with E-state index in [-0.39, 0.29) is 70.4 Å². The molecule has 0 spiro atoms. The summed E-state index contributed by atoms with van der Waals surface area (Å²) in [5, 5.41) is 15.3. The molecule has 4 aliphatic carbocycles. The molecule has 0 aliphatic heterocycles. The van der Waals surface area contributed by atoms with E-state index in [1.165, 1.54) is 25.7 Å². The van der Waals surface area contributed by atoms with E-state index >= 15 is 0 Å². The van der Waals surface area contributed by atoms with Crippen LogP contribution in [0.2, 0.25) is 0 Å². The maximum absolute atomic E-state index is 14.9. The largest absolute Gasteiger partial charge is 0.496 e. The molecule has 9 heteroatoms. The molecule has 0 heterocycles. The molecule has 220 valence electrons. The number of hydrogen-bond donors (Lipinski definition) is 3. The van der Waals surface area contributed by atoms with Crippen LogP contribution in [-0.4, -0.2) is 49.2 Å². The number of methoxy groups -OCH3 is 1. The molecule has 1 aromatic rings. The first-order chi connectivity index (χ1) is 19.2. The second kappa shape index (κ2) is 12.0. The van der Waals surface area contributed by atoms with Crippen molar-refractivity contribution in [1.29, 1.82) is 0 Å². The van der Waals surface area contributed by atoms with Gasteiger partial charge in [0, 0.05) is 25.1 Å². The minimum absolute atomic E-state index is 0.00501. The van der Waals surface area contributed by atoms with Crippen LogP contribution in [0.25, 0.3) is 0 Å². The average Bonchev–Trinajstić information content (AvgIpc) is 3.52. The number of ether oxygens (including phenoxy) is 2. The van der Waals surface area contributed by atoms with Crippen molar-refractivity contribution in [2.24, 2.45) is 35.0 Å². The Hall–Kier alpha value is -2.84. The number of carbonyl (C=O) groups is 3. The van der Waals surface area contributed by atoms with Gasteiger partial charge in [-0.15, -0.1) is 0 Å². The van der Waals surface area contributed by atoms with E-state index in [9.17, 15) is 18.8 Å². The minimum atomic E-state index is -0.772. The molecule has 4 aliphatic rings. The zero-order valence-corrected chi connectivity index (χ0v) is 23.7. The van der Waals surface area contributed by atoms with E-state index in [4.69, 9.17) is 14.6 Å². The number of halogens is 1. The number of fused-ring (bicyclic) bond motifs is 2. The first-order valence-corrected chi connectivity index (χ1v) is 15.0. The molecule has 0 aromatic heterocycles. The third-order valence-corrected chi connectivity index (χ3v) is 10.2. The van der Waals surface area contributed by atoms with Gasteiger partial charge in [0.05, 0.1) is 25.2 Å². The quantitative estimate of drug-likeness (QED) is 0.354. The van der Waals surface area contributed by atoms with Gasteiger partial charge in [-0.1, -0.05) is 13.3 Å². The molecular weight excluding hydrogens is 515 g/mol. The molecule has 0 radical (unpaired) electrons. The van der Waals surface area contributed by atoms with Gasteiger partial charge in [0.2, 0.25) is 5.91 Å². The molecule has 40 heavy (non-hydrogen) atoms. The van der Waals surface area contributed by atoms with Crippen molar-refractivity contribution in [3.8, 4) is 11.5 Å². The third kappa shape index (κ3) is 6.23. The summed E-state index contributed by atoms with van der Waals surface area (Å²) in [6.07, 6.45) is 9.87. The van der Waals surface area contributed by atoms with Gasteiger partial charge in [-0.2, -0.15) is 0 Å². The Kier molecular flexibility index (Phi) is 8.57. The summed E-state index contributed by atoms with van der Waals surface area (Å²) < 4.78 is 26.1.